The zero-order chi connectivity index (χ0) is 9.80. The number of ether oxygens (including phenoxy) is 1. The number of hydrogen-bond acceptors (Lipinski definition) is 3. The molecular formula is C10H9N3O. The van der Waals surface area contributed by atoms with Gasteiger partial charge in [0, 0.05) is 12.4 Å². The number of aromatic nitrogens is 2. The smallest absolute Gasteiger partial charge is 0.315 e. The van der Waals surface area contributed by atoms with E-state index in [1.807, 2.05) is 18.2 Å². The van der Waals surface area contributed by atoms with Crippen molar-refractivity contribution in [2.75, 3.05) is 0 Å². The molecule has 0 radical (unpaired) electrons. The van der Waals surface area contributed by atoms with Gasteiger partial charge in [-0.05, 0) is 18.2 Å². The highest BCUT2D eigenvalue weighted by molar-refractivity contribution is 5.74. The van der Waals surface area contributed by atoms with E-state index in [-0.39, 0.29) is 6.02 Å². The summed E-state index contributed by atoms with van der Waals surface area (Å²) < 4.78 is 6.60. The summed E-state index contributed by atoms with van der Waals surface area (Å²) in [5, 5.41) is 11.4. The van der Waals surface area contributed by atoms with Crippen molar-refractivity contribution in [3.8, 4) is 5.75 Å². The Morgan fingerprint density at radius 3 is 2.64 bits per heavy atom. The second-order valence-corrected chi connectivity index (χ2v) is 2.67. The monoisotopic (exact) mass is 187 g/mol. The van der Waals surface area contributed by atoms with Crippen molar-refractivity contribution in [2.45, 2.75) is 0 Å². The first-order chi connectivity index (χ1) is 6.86. The highest BCUT2D eigenvalue weighted by Gasteiger charge is 2.01. The van der Waals surface area contributed by atoms with Gasteiger partial charge in [0.25, 0.3) is 0 Å². The summed E-state index contributed by atoms with van der Waals surface area (Å²) in [4.78, 5) is 0. The molecule has 1 N–H and O–H groups in total. The van der Waals surface area contributed by atoms with Crippen LogP contribution in [-0.4, -0.2) is 15.8 Å². The topological polar surface area (TPSA) is 50.9 Å². The summed E-state index contributed by atoms with van der Waals surface area (Å²) in [7, 11) is 0. The third-order valence-electron chi connectivity index (χ3n) is 1.67. The van der Waals surface area contributed by atoms with Crippen LogP contribution in [0.5, 0.6) is 5.75 Å². The quantitative estimate of drug-likeness (QED) is 0.546. The first-order valence-corrected chi connectivity index (χ1v) is 4.18. The SMILES string of the molecule is N=C(Oc1ccccc1)n1cccn1. The van der Waals surface area contributed by atoms with Crippen LogP contribution in [0, 0.1) is 5.41 Å². The fourth-order valence-corrected chi connectivity index (χ4v) is 1.04. The third-order valence-corrected chi connectivity index (χ3v) is 1.67. The molecule has 2 rings (SSSR count). The van der Waals surface area contributed by atoms with Crippen LogP contribution in [0.4, 0.5) is 0 Å². The summed E-state index contributed by atoms with van der Waals surface area (Å²) in [5.74, 6) is 0.632. The molecular weight excluding hydrogens is 178 g/mol. The van der Waals surface area contributed by atoms with E-state index >= 15 is 0 Å². The molecule has 4 nitrogen and oxygen atoms in total. The summed E-state index contributed by atoms with van der Waals surface area (Å²) >= 11 is 0. The lowest BCUT2D eigenvalue weighted by molar-refractivity contribution is 0.507. The molecule has 0 spiro atoms. The van der Waals surface area contributed by atoms with Gasteiger partial charge in [0.1, 0.15) is 5.75 Å². The van der Waals surface area contributed by atoms with Gasteiger partial charge in [-0.1, -0.05) is 18.2 Å². The Labute approximate surface area is 81.3 Å². The molecule has 1 heterocycles. The van der Waals surface area contributed by atoms with Gasteiger partial charge in [-0.3, -0.25) is 0 Å². The molecule has 70 valence electrons. The van der Waals surface area contributed by atoms with Crippen molar-refractivity contribution in [1.29, 1.82) is 5.41 Å². The van der Waals surface area contributed by atoms with Gasteiger partial charge in [-0.25, -0.2) is 5.41 Å². The Balaban J connectivity index is 2.10. The van der Waals surface area contributed by atoms with Crippen LogP contribution in [0.25, 0.3) is 0 Å². The van der Waals surface area contributed by atoms with Crippen LogP contribution in [0.3, 0.4) is 0 Å². The Bertz CT molecular complexity index is 408. The molecule has 14 heavy (non-hydrogen) atoms. The van der Waals surface area contributed by atoms with Gasteiger partial charge in [0.05, 0.1) is 0 Å². The lowest BCUT2D eigenvalue weighted by Gasteiger charge is -2.05. The van der Waals surface area contributed by atoms with E-state index in [4.69, 9.17) is 10.1 Å². The summed E-state index contributed by atoms with van der Waals surface area (Å²) in [5.41, 5.74) is 0. The third kappa shape index (κ3) is 1.80. The van der Waals surface area contributed by atoms with E-state index in [0.29, 0.717) is 5.75 Å². The number of benzene rings is 1. The second-order valence-electron chi connectivity index (χ2n) is 2.67. The average Bonchev–Trinajstić information content (AvgIpc) is 2.72. The Morgan fingerprint density at radius 1 is 1.21 bits per heavy atom. The fourth-order valence-electron chi connectivity index (χ4n) is 1.04. The van der Waals surface area contributed by atoms with Crippen LogP contribution in [0.1, 0.15) is 0 Å². The Morgan fingerprint density at radius 2 is 2.00 bits per heavy atom. The lowest BCUT2D eigenvalue weighted by Crippen LogP contribution is -2.17. The molecule has 0 aliphatic heterocycles. The summed E-state index contributed by atoms with van der Waals surface area (Å²) in [6, 6.07) is 10.9. The molecule has 1 aromatic carbocycles. The molecule has 0 aliphatic carbocycles. The molecule has 1 aromatic heterocycles. The van der Waals surface area contributed by atoms with Crippen molar-refractivity contribution >= 4 is 6.02 Å². The van der Waals surface area contributed by atoms with Crippen molar-refractivity contribution in [3.63, 3.8) is 0 Å². The Hall–Kier alpha value is -2.10. The lowest BCUT2D eigenvalue weighted by atomic mass is 10.3. The van der Waals surface area contributed by atoms with E-state index in [2.05, 4.69) is 5.10 Å². The summed E-state index contributed by atoms with van der Waals surface area (Å²) in [6.45, 7) is 0. The molecule has 0 fully saturated rings. The maximum absolute atomic E-state index is 7.56. The number of nitrogens with one attached hydrogen (secondary N) is 1. The highest BCUT2D eigenvalue weighted by Crippen LogP contribution is 2.08. The zero-order valence-electron chi connectivity index (χ0n) is 7.42. The molecule has 0 saturated heterocycles. The minimum atomic E-state index is -0.0128. The maximum atomic E-state index is 7.56. The standard InChI is InChI=1S/C10H9N3O/c11-10(13-8-4-7-12-13)14-9-5-2-1-3-6-9/h1-8,11H. The average molecular weight is 187 g/mol. The van der Waals surface area contributed by atoms with Crippen molar-refractivity contribution in [1.82, 2.24) is 9.78 Å². The molecule has 0 unspecified atom stereocenters. The maximum Gasteiger partial charge on any atom is 0.315 e. The van der Waals surface area contributed by atoms with E-state index in [1.54, 1.807) is 30.6 Å². The molecule has 4 heteroatoms. The molecule has 0 saturated carbocycles. The number of hydrogen-bond donors (Lipinski definition) is 1. The second kappa shape index (κ2) is 3.74. The predicted octanol–water partition coefficient (Wildman–Crippen LogP) is 1.74. The fraction of sp³-hybridized carbons (Fsp3) is 0. The molecule has 0 aliphatic rings. The van der Waals surface area contributed by atoms with Crippen LogP contribution in [0.2, 0.25) is 0 Å². The largest absolute Gasteiger partial charge is 0.425 e. The van der Waals surface area contributed by atoms with Crippen molar-refractivity contribution < 1.29 is 4.74 Å². The van der Waals surface area contributed by atoms with Crippen LogP contribution in [-0.2, 0) is 0 Å². The van der Waals surface area contributed by atoms with E-state index in [0.717, 1.165) is 0 Å². The van der Waals surface area contributed by atoms with Gasteiger partial charge in [0.15, 0.2) is 0 Å². The first kappa shape index (κ1) is 8.50. The minimum Gasteiger partial charge on any atom is -0.425 e. The molecule has 0 amide bonds. The van der Waals surface area contributed by atoms with Gasteiger partial charge < -0.3 is 4.74 Å². The van der Waals surface area contributed by atoms with Crippen LogP contribution >= 0.6 is 0 Å². The number of nitrogens with zero attached hydrogens (tertiary/aromatic N) is 2. The van der Waals surface area contributed by atoms with Gasteiger partial charge in [0.2, 0.25) is 0 Å². The van der Waals surface area contributed by atoms with E-state index in [9.17, 15) is 0 Å². The predicted molar refractivity (Wildman–Crippen MR) is 52.4 cm³/mol. The zero-order valence-corrected chi connectivity index (χ0v) is 7.42. The Kier molecular flexibility index (Phi) is 2.27. The highest BCUT2D eigenvalue weighted by atomic mass is 16.5. The number of para-hydroxylation sites is 1. The molecule has 2 aromatic rings. The molecule has 0 atom stereocenters. The normalized spacial score (nSPS) is 9.71. The van der Waals surface area contributed by atoms with Crippen LogP contribution in [0.15, 0.2) is 48.8 Å². The first-order valence-electron chi connectivity index (χ1n) is 4.18. The van der Waals surface area contributed by atoms with E-state index in [1.165, 1.54) is 4.68 Å². The van der Waals surface area contributed by atoms with E-state index < -0.39 is 0 Å². The van der Waals surface area contributed by atoms with Gasteiger partial charge >= 0.3 is 6.02 Å². The number of rotatable bonds is 1. The summed E-state index contributed by atoms with van der Waals surface area (Å²) in [6.07, 6.45) is 3.26. The van der Waals surface area contributed by atoms with Crippen molar-refractivity contribution in [3.05, 3.63) is 48.8 Å². The molecule has 0 bridgehead atoms. The minimum absolute atomic E-state index is 0.0128. The van der Waals surface area contributed by atoms with Gasteiger partial charge in [-0.15, -0.1) is 0 Å². The van der Waals surface area contributed by atoms with Crippen LogP contribution < -0.4 is 4.74 Å². The van der Waals surface area contributed by atoms with Gasteiger partial charge in [-0.2, -0.15) is 9.78 Å². The van der Waals surface area contributed by atoms with Crippen molar-refractivity contribution in [2.24, 2.45) is 0 Å².